The Balaban J connectivity index is 2.41. The van der Waals surface area contributed by atoms with Gasteiger partial charge in [0.1, 0.15) is 5.82 Å². The van der Waals surface area contributed by atoms with Gasteiger partial charge in [0.05, 0.1) is 17.1 Å². The average Bonchev–Trinajstić information content (AvgIpc) is 2.74. The Kier molecular flexibility index (Phi) is 3.61. The molecule has 98 valence electrons. The van der Waals surface area contributed by atoms with Gasteiger partial charge in [-0.05, 0) is 20.0 Å². The fraction of sp³-hybridized carbons (Fsp3) is 0.462. The van der Waals surface area contributed by atoms with E-state index in [-0.39, 0.29) is 6.04 Å². The molecule has 5 heteroatoms. The van der Waals surface area contributed by atoms with Crippen LogP contribution in [-0.2, 0) is 0 Å². The summed E-state index contributed by atoms with van der Waals surface area (Å²) in [4.78, 5) is 9.59. The van der Waals surface area contributed by atoms with E-state index >= 15 is 0 Å². The molecule has 3 nitrogen and oxygen atoms in total. The molecule has 0 spiro atoms. The van der Waals surface area contributed by atoms with E-state index in [1.54, 1.807) is 0 Å². The lowest BCUT2D eigenvalue weighted by molar-refractivity contribution is 0.227. The molecular formula is C13H17F2N3. The Bertz CT molecular complexity index is 507. The number of halogens is 2. The van der Waals surface area contributed by atoms with E-state index in [1.807, 2.05) is 6.92 Å². The molecule has 0 saturated heterocycles. The minimum Gasteiger partial charge on any atom is -0.341 e. The molecule has 1 aromatic carbocycles. The molecular weight excluding hydrogens is 236 g/mol. The monoisotopic (exact) mass is 253 g/mol. The summed E-state index contributed by atoms with van der Waals surface area (Å²) < 4.78 is 26.2. The lowest BCUT2D eigenvalue weighted by Gasteiger charge is -2.24. The summed E-state index contributed by atoms with van der Waals surface area (Å²) in [6.45, 7) is 7.97. The lowest BCUT2D eigenvalue weighted by atomic mass is 10.2. The number of rotatable bonds is 4. The van der Waals surface area contributed by atoms with E-state index < -0.39 is 11.6 Å². The molecule has 2 aromatic rings. The van der Waals surface area contributed by atoms with Crippen molar-refractivity contribution in [3.8, 4) is 0 Å². The van der Waals surface area contributed by atoms with Gasteiger partial charge in [-0.2, -0.15) is 0 Å². The Hall–Kier alpha value is -1.49. The highest BCUT2D eigenvalue weighted by molar-refractivity contribution is 5.75. The summed E-state index contributed by atoms with van der Waals surface area (Å²) in [7, 11) is 0. The van der Waals surface area contributed by atoms with Gasteiger partial charge in [-0.3, -0.25) is 4.90 Å². The van der Waals surface area contributed by atoms with Crippen molar-refractivity contribution in [2.24, 2.45) is 0 Å². The average molecular weight is 253 g/mol. The van der Waals surface area contributed by atoms with Crippen LogP contribution in [0.25, 0.3) is 11.0 Å². The molecule has 1 N–H and O–H groups in total. The van der Waals surface area contributed by atoms with Crippen LogP contribution in [0, 0.1) is 11.6 Å². The fourth-order valence-electron chi connectivity index (χ4n) is 2.17. The van der Waals surface area contributed by atoms with Crippen LogP contribution in [0.5, 0.6) is 0 Å². The molecule has 0 aliphatic heterocycles. The topological polar surface area (TPSA) is 31.9 Å². The van der Waals surface area contributed by atoms with E-state index in [1.165, 1.54) is 0 Å². The first-order valence-corrected chi connectivity index (χ1v) is 6.15. The number of fused-ring (bicyclic) bond motifs is 1. The summed E-state index contributed by atoms with van der Waals surface area (Å²) in [5, 5.41) is 0. The minimum atomic E-state index is -0.865. The second-order valence-electron chi connectivity index (χ2n) is 4.30. The van der Waals surface area contributed by atoms with Gasteiger partial charge in [0.25, 0.3) is 0 Å². The Morgan fingerprint density at radius 2 is 1.83 bits per heavy atom. The highest BCUT2D eigenvalue weighted by atomic mass is 19.2. The van der Waals surface area contributed by atoms with Crippen molar-refractivity contribution in [2.45, 2.75) is 26.8 Å². The Labute approximate surface area is 105 Å². The molecule has 0 radical (unpaired) electrons. The number of H-pyrrole nitrogens is 1. The number of aromatic amines is 1. The second-order valence-corrected chi connectivity index (χ2v) is 4.30. The van der Waals surface area contributed by atoms with Crippen LogP contribution in [0.3, 0.4) is 0 Å². The normalized spacial score (nSPS) is 13.4. The van der Waals surface area contributed by atoms with Crippen LogP contribution < -0.4 is 0 Å². The highest BCUT2D eigenvalue weighted by Gasteiger charge is 2.17. The zero-order valence-corrected chi connectivity index (χ0v) is 10.8. The summed E-state index contributed by atoms with van der Waals surface area (Å²) in [6, 6.07) is 2.37. The number of nitrogens with zero attached hydrogens (tertiary/aromatic N) is 2. The van der Waals surface area contributed by atoms with Crippen LogP contribution in [0.4, 0.5) is 8.78 Å². The number of benzene rings is 1. The van der Waals surface area contributed by atoms with Gasteiger partial charge in [0.15, 0.2) is 11.6 Å². The maximum Gasteiger partial charge on any atom is 0.161 e. The van der Waals surface area contributed by atoms with Gasteiger partial charge in [0.2, 0.25) is 0 Å². The molecule has 0 bridgehead atoms. The number of imidazole rings is 1. The van der Waals surface area contributed by atoms with Crippen molar-refractivity contribution in [3.63, 3.8) is 0 Å². The van der Waals surface area contributed by atoms with Crippen molar-refractivity contribution in [2.75, 3.05) is 13.1 Å². The van der Waals surface area contributed by atoms with Crippen LogP contribution in [-0.4, -0.2) is 28.0 Å². The van der Waals surface area contributed by atoms with Crippen LogP contribution in [0.1, 0.15) is 32.6 Å². The summed E-state index contributed by atoms with van der Waals surface area (Å²) in [6.07, 6.45) is 0. The third-order valence-electron chi connectivity index (χ3n) is 3.30. The standard InChI is InChI=1S/C13H17F2N3/c1-4-18(5-2)8(3)13-16-11-6-9(14)10(15)7-12(11)17-13/h6-8H,4-5H2,1-3H3,(H,16,17). The van der Waals surface area contributed by atoms with Crippen LogP contribution in [0.2, 0.25) is 0 Å². The highest BCUT2D eigenvalue weighted by Crippen LogP contribution is 2.22. The SMILES string of the molecule is CCN(CC)C(C)c1nc2cc(F)c(F)cc2[nH]1. The third kappa shape index (κ3) is 2.22. The first-order valence-electron chi connectivity index (χ1n) is 6.15. The molecule has 1 heterocycles. The zero-order valence-electron chi connectivity index (χ0n) is 10.8. The third-order valence-corrected chi connectivity index (χ3v) is 3.30. The van der Waals surface area contributed by atoms with Crippen molar-refractivity contribution in [1.82, 2.24) is 14.9 Å². The molecule has 0 fully saturated rings. The largest absolute Gasteiger partial charge is 0.341 e. The minimum absolute atomic E-state index is 0.0959. The molecule has 0 aliphatic rings. The summed E-state index contributed by atoms with van der Waals surface area (Å²) in [5.74, 6) is -0.983. The molecule has 1 atom stereocenters. The fourth-order valence-corrected chi connectivity index (χ4v) is 2.17. The van der Waals surface area contributed by atoms with Crippen molar-refractivity contribution < 1.29 is 8.78 Å². The first-order chi connectivity index (χ1) is 8.56. The zero-order chi connectivity index (χ0) is 13.3. The van der Waals surface area contributed by atoms with Gasteiger partial charge >= 0.3 is 0 Å². The first kappa shape index (κ1) is 13.0. The smallest absolute Gasteiger partial charge is 0.161 e. The predicted octanol–water partition coefficient (Wildman–Crippen LogP) is 3.24. The summed E-state index contributed by atoms with van der Waals surface area (Å²) >= 11 is 0. The lowest BCUT2D eigenvalue weighted by Crippen LogP contribution is -2.27. The van der Waals surface area contributed by atoms with Gasteiger partial charge in [0, 0.05) is 12.1 Å². The molecule has 2 rings (SSSR count). The van der Waals surface area contributed by atoms with Gasteiger partial charge < -0.3 is 4.98 Å². The molecule has 18 heavy (non-hydrogen) atoms. The molecule has 1 unspecified atom stereocenters. The number of hydrogen-bond donors (Lipinski definition) is 1. The van der Waals surface area contributed by atoms with Gasteiger partial charge in [-0.25, -0.2) is 13.8 Å². The summed E-state index contributed by atoms with van der Waals surface area (Å²) in [5.41, 5.74) is 0.991. The molecule has 1 aromatic heterocycles. The van der Waals surface area contributed by atoms with E-state index in [0.29, 0.717) is 11.0 Å². The van der Waals surface area contributed by atoms with Gasteiger partial charge in [-0.1, -0.05) is 13.8 Å². The van der Waals surface area contributed by atoms with Crippen molar-refractivity contribution >= 4 is 11.0 Å². The second kappa shape index (κ2) is 5.02. The number of aromatic nitrogens is 2. The number of nitrogens with one attached hydrogen (secondary N) is 1. The molecule has 0 saturated carbocycles. The van der Waals surface area contributed by atoms with E-state index in [9.17, 15) is 8.78 Å². The molecule has 0 aliphatic carbocycles. The Morgan fingerprint density at radius 1 is 1.22 bits per heavy atom. The van der Waals surface area contributed by atoms with Crippen molar-refractivity contribution in [3.05, 3.63) is 29.6 Å². The maximum atomic E-state index is 13.1. The van der Waals surface area contributed by atoms with E-state index in [2.05, 4.69) is 28.7 Å². The van der Waals surface area contributed by atoms with Crippen molar-refractivity contribution in [1.29, 1.82) is 0 Å². The Morgan fingerprint density at radius 3 is 2.44 bits per heavy atom. The van der Waals surface area contributed by atoms with Crippen LogP contribution >= 0.6 is 0 Å². The van der Waals surface area contributed by atoms with E-state index in [4.69, 9.17) is 0 Å². The molecule has 0 amide bonds. The predicted molar refractivity (Wildman–Crippen MR) is 67.3 cm³/mol. The quantitative estimate of drug-likeness (QED) is 0.907. The van der Waals surface area contributed by atoms with E-state index in [0.717, 1.165) is 31.0 Å². The van der Waals surface area contributed by atoms with Gasteiger partial charge in [-0.15, -0.1) is 0 Å². The number of hydrogen-bond acceptors (Lipinski definition) is 2. The maximum absolute atomic E-state index is 13.1. The van der Waals surface area contributed by atoms with Crippen LogP contribution in [0.15, 0.2) is 12.1 Å².